The first-order valence-electron chi connectivity index (χ1n) is 22.3. The summed E-state index contributed by atoms with van der Waals surface area (Å²) in [7, 11) is 5.37. The molecule has 2 aromatic heterocycles. The van der Waals surface area contributed by atoms with Gasteiger partial charge in [0.15, 0.2) is 5.82 Å². The molecule has 0 unspecified atom stereocenters. The number of imidazole rings is 1. The van der Waals surface area contributed by atoms with Crippen LogP contribution in [-0.2, 0) is 45.1 Å². The molecule has 4 N–H and O–H groups in total. The van der Waals surface area contributed by atoms with Gasteiger partial charge in [-0.25, -0.2) is 24.4 Å². The molecule has 15 nitrogen and oxygen atoms in total. The molecule has 1 aliphatic rings. The Morgan fingerprint density at radius 1 is 0.791 bits per heavy atom. The summed E-state index contributed by atoms with van der Waals surface area (Å²) in [6, 6.07) is 34.1. The van der Waals surface area contributed by atoms with Crippen molar-refractivity contribution in [1.29, 1.82) is 0 Å². The standard InChI is InChI=1S/C52H53N7O8/c1-5-6-15-45-56-47-48(59(45)29-33-18-16-32(17-19-33)28-58(2)3)40-22-21-35(50(62)65-4)27-42(40)55-49(47)57-52(64)66-30-34-20-23-44(60)43(26-34)54-46(61)24-25-53-51(63)67-31-41-38-13-9-7-11-36(38)37-12-8-10-14-39(37)41/h7-14,16-23,26-27,41,60H,5-6,15,24-25,28-31H2,1-4H3,(H,53,63)(H,54,61)(H,55,57,64). The van der Waals surface area contributed by atoms with E-state index in [0.29, 0.717) is 35.1 Å². The molecule has 0 saturated heterocycles. The first-order valence-corrected chi connectivity index (χ1v) is 22.3. The van der Waals surface area contributed by atoms with Crippen molar-refractivity contribution >= 4 is 57.5 Å². The lowest BCUT2D eigenvalue weighted by Gasteiger charge is -2.15. The van der Waals surface area contributed by atoms with Crippen molar-refractivity contribution < 1.29 is 38.5 Å². The zero-order valence-electron chi connectivity index (χ0n) is 37.9. The number of rotatable bonds is 17. The number of phenolic OH excluding ortho intramolecular Hbond substituents is 1. The largest absolute Gasteiger partial charge is 0.506 e. The maximum absolute atomic E-state index is 13.5. The average molecular weight is 904 g/mol. The Balaban J connectivity index is 0.921. The van der Waals surface area contributed by atoms with Crippen LogP contribution in [0.1, 0.15) is 76.1 Å². The number of alkyl carbamates (subject to hydrolysis) is 1. The fraction of sp³-hybridized carbons (Fsp3) is 0.269. The fourth-order valence-corrected chi connectivity index (χ4v) is 8.46. The zero-order chi connectivity index (χ0) is 47.0. The minimum Gasteiger partial charge on any atom is -0.506 e. The third kappa shape index (κ3) is 10.5. The van der Waals surface area contributed by atoms with E-state index in [-0.39, 0.29) is 49.4 Å². The van der Waals surface area contributed by atoms with Crippen LogP contribution in [0.5, 0.6) is 5.75 Å². The van der Waals surface area contributed by atoms with Gasteiger partial charge in [-0.2, -0.15) is 0 Å². The molecule has 1 aliphatic carbocycles. The van der Waals surface area contributed by atoms with Gasteiger partial charge in [0, 0.05) is 43.8 Å². The summed E-state index contributed by atoms with van der Waals surface area (Å²) in [4.78, 5) is 63.7. The van der Waals surface area contributed by atoms with Gasteiger partial charge in [-0.05, 0) is 89.8 Å². The van der Waals surface area contributed by atoms with Crippen LogP contribution in [0.25, 0.3) is 33.1 Å². The molecule has 67 heavy (non-hydrogen) atoms. The second-order valence-corrected chi connectivity index (χ2v) is 16.8. The Morgan fingerprint density at radius 3 is 2.19 bits per heavy atom. The summed E-state index contributed by atoms with van der Waals surface area (Å²) in [5, 5.41) is 19.4. The number of methoxy groups -OCH3 is 1. The molecule has 0 spiro atoms. The van der Waals surface area contributed by atoms with E-state index in [4.69, 9.17) is 24.2 Å². The highest BCUT2D eigenvalue weighted by atomic mass is 16.6. The molecule has 344 valence electrons. The highest BCUT2D eigenvalue weighted by molar-refractivity contribution is 6.10. The van der Waals surface area contributed by atoms with E-state index >= 15 is 0 Å². The van der Waals surface area contributed by atoms with Gasteiger partial charge in [0.05, 0.1) is 29.4 Å². The number of amides is 3. The Morgan fingerprint density at radius 2 is 1.49 bits per heavy atom. The van der Waals surface area contributed by atoms with Gasteiger partial charge in [-0.3, -0.25) is 10.1 Å². The molecule has 15 heteroatoms. The number of anilines is 2. The summed E-state index contributed by atoms with van der Waals surface area (Å²) < 4.78 is 18.4. The van der Waals surface area contributed by atoms with E-state index in [1.165, 1.54) is 24.8 Å². The monoisotopic (exact) mass is 903 g/mol. The van der Waals surface area contributed by atoms with E-state index in [0.717, 1.165) is 63.9 Å². The number of benzene rings is 5. The van der Waals surface area contributed by atoms with Crippen molar-refractivity contribution in [2.75, 3.05) is 45.0 Å². The summed E-state index contributed by atoms with van der Waals surface area (Å²) in [6.45, 7) is 3.36. The van der Waals surface area contributed by atoms with Gasteiger partial charge in [0.25, 0.3) is 0 Å². The van der Waals surface area contributed by atoms with Gasteiger partial charge in [-0.1, -0.05) is 92.2 Å². The van der Waals surface area contributed by atoms with Crippen LogP contribution in [0.3, 0.4) is 0 Å². The molecule has 0 bridgehead atoms. The van der Waals surface area contributed by atoms with Crippen LogP contribution < -0.4 is 16.0 Å². The molecule has 0 atom stereocenters. The molecule has 8 rings (SSSR count). The number of aromatic nitrogens is 3. The second kappa shape index (κ2) is 20.6. The normalized spacial score (nSPS) is 11.9. The minimum atomic E-state index is -0.823. The van der Waals surface area contributed by atoms with Crippen LogP contribution in [0.15, 0.2) is 109 Å². The molecule has 0 fully saturated rings. The number of hydrogen-bond donors (Lipinski definition) is 4. The van der Waals surface area contributed by atoms with Crippen molar-refractivity contribution in [2.45, 2.75) is 58.2 Å². The van der Waals surface area contributed by atoms with Gasteiger partial charge in [-0.15, -0.1) is 0 Å². The predicted octanol–water partition coefficient (Wildman–Crippen LogP) is 9.15. The number of ether oxygens (including phenoxy) is 3. The quantitative estimate of drug-likeness (QED) is 0.0388. The molecule has 2 heterocycles. The number of fused-ring (bicyclic) bond motifs is 6. The SMILES string of the molecule is CCCCc1nc2c(NC(=O)OCc3ccc(O)c(NC(=O)CCNC(=O)OCC4c5ccccc5-c5ccccc54)c3)nc3cc(C(=O)OC)ccc3c2n1Cc1ccc(CN(C)C)cc1. The number of aromatic hydroxyl groups is 1. The number of pyridine rings is 1. The van der Waals surface area contributed by atoms with Crippen molar-refractivity contribution in [3.05, 3.63) is 148 Å². The molecule has 0 aliphatic heterocycles. The number of nitrogens with zero attached hydrogens (tertiary/aromatic N) is 4. The average Bonchev–Trinajstić information content (AvgIpc) is 3.85. The molecule has 7 aromatic rings. The molecule has 0 radical (unpaired) electrons. The third-order valence-corrected chi connectivity index (χ3v) is 11.7. The van der Waals surface area contributed by atoms with E-state index < -0.39 is 24.1 Å². The van der Waals surface area contributed by atoms with Crippen LogP contribution in [0, 0.1) is 0 Å². The Labute approximate surface area is 388 Å². The first-order chi connectivity index (χ1) is 32.5. The highest BCUT2D eigenvalue weighted by Crippen LogP contribution is 2.44. The number of carbonyl (C=O) groups is 4. The number of aryl methyl sites for hydroxylation is 1. The van der Waals surface area contributed by atoms with E-state index in [2.05, 4.69) is 68.7 Å². The Kier molecular flexibility index (Phi) is 14.1. The van der Waals surface area contributed by atoms with Crippen LogP contribution in [0.4, 0.5) is 21.1 Å². The zero-order valence-corrected chi connectivity index (χ0v) is 37.9. The van der Waals surface area contributed by atoms with Crippen molar-refractivity contribution in [2.24, 2.45) is 0 Å². The van der Waals surface area contributed by atoms with Crippen LogP contribution >= 0.6 is 0 Å². The van der Waals surface area contributed by atoms with Crippen LogP contribution in [0.2, 0.25) is 0 Å². The first kappa shape index (κ1) is 45.8. The lowest BCUT2D eigenvalue weighted by molar-refractivity contribution is -0.116. The summed E-state index contributed by atoms with van der Waals surface area (Å²) in [5.74, 6) is -0.310. The Hall–Kier alpha value is -7.78. The Bertz CT molecular complexity index is 2920. The molecular weight excluding hydrogens is 851 g/mol. The van der Waals surface area contributed by atoms with Crippen molar-refractivity contribution in [3.63, 3.8) is 0 Å². The van der Waals surface area contributed by atoms with Gasteiger partial charge < -0.3 is 39.4 Å². The molecule has 5 aromatic carbocycles. The summed E-state index contributed by atoms with van der Waals surface area (Å²) >= 11 is 0. The smallest absolute Gasteiger partial charge is 0.413 e. The van der Waals surface area contributed by atoms with Gasteiger partial charge >= 0.3 is 18.2 Å². The van der Waals surface area contributed by atoms with Crippen LogP contribution in [-0.4, -0.2) is 83.0 Å². The lowest BCUT2D eigenvalue weighted by atomic mass is 9.98. The van der Waals surface area contributed by atoms with E-state index in [1.54, 1.807) is 18.2 Å². The number of carbonyl (C=O) groups excluding carboxylic acids is 4. The third-order valence-electron chi connectivity index (χ3n) is 11.7. The fourth-order valence-electron chi connectivity index (χ4n) is 8.46. The second-order valence-electron chi connectivity index (χ2n) is 16.8. The maximum atomic E-state index is 13.5. The molecule has 0 saturated carbocycles. The van der Waals surface area contributed by atoms with Gasteiger partial charge in [0.2, 0.25) is 5.91 Å². The molecular formula is C52H53N7O8. The number of nitrogens with one attached hydrogen (secondary N) is 3. The molecule has 3 amide bonds. The van der Waals surface area contributed by atoms with Crippen molar-refractivity contribution in [3.8, 4) is 16.9 Å². The van der Waals surface area contributed by atoms with E-state index in [9.17, 15) is 24.3 Å². The highest BCUT2D eigenvalue weighted by Gasteiger charge is 2.29. The summed E-state index contributed by atoms with van der Waals surface area (Å²) in [5.41, 5.74) is 9.22. The van der Waals surface area contributed by atoms with Crippen molar-refractivity contribution in [1.82, 2.24) is 24.8 Å². The summed E-state index contributed by atoms with van der Waals surface area (Å²) in [6.07, 6.45) is 0.958. The maximum Gasteiger partial charge on any atom is 0.413 e. The van der Waals surface area contributed by atoms with Gasteiger partial charge in [0.1, 0.15) is 30.3 Å². The number of hydrogen-bond acceptors (Lipinski definition) is 11. The predicted molar refractivity (Wildman–Crippen MR) is 256 cm³/mol. The number of esters is 1. The topological polar surface area (TPSA) is 186 Å². The number of phenols is 1. The number of unbranched alkanes of at least 4 members (excludes halogenated alkanes) is 1. The lowest BCUT2D eigenvalue weighted by Crippen LogP contribution is -2.29. The van der Waals surface area contributed by atoms with E-state index in [1.807, 2.05) is 56.6 Å². The minimum absolute atomic E-state index is 0.00515.